The van der Waals surface area contributed by atoms with Crippen LogP contribution in [0.3, 0.4) is 0 Å². The van der Waals surface area contributed by atoms with E-state index in [1.807, 2.05) is 0 Å². The standard InChI is InChI=1S/C12H11F2N3/c1-15-10-6-3-7-11(16-10)17-12-8(13)4-2-5-9(12)14/h2-7H,1H3,(H2,15,16,17). The van der Waals surface area contributed by atoms with Crippen LogP contribution in [0.25, 0.3) is 0 Å². The van der Waals surface area contributed by atoms with Gasteiger partial charge in [-0.1, -0.05) is 12.1 Å². The maximum atomic E-state index is 13.4. The van der Waals surface area contributed by atoms with Crippen LogP contribution in [-0.4, -0.2) is 12.0 Å². The first-order valence-electron chi connectivity index (χ1n) is 5.06. The lowest BCUT2D eigenvalue weighted by Crippen LogP contribution is -2.00. The number of aromatic nitrogens is 1. The summed E-state index contributed by atoms with van der Waals surface area (Å²) in [5.41, 5.74) is -0.201. The van der Waals surface area contributed by atoms with Crippen molar-refractivity contribution in [2.75, 3.05) is 17.7 Å². The second kappa shape index (κ2) is 4.78. The smallest absolute Gasteiger partial charge is 0.149 e. The number of benzene rings is 1. The summed E-state index contributed by atoms with van der Waals surface area (Å²) in [6.45, 7) is 0. The summed E-state index contributed by atoms with van der Waals surface area (Å²) in [5.74, 6) is -0.309. The number of nitrogens with zero attached hydrogens (tertiary/aromatic N) is 1. The summed E-state index contributed by atoms with van der Waals surface area (Å²) in [4.78, 5) is 4.11. The fraction of sp³-hybridized carbons (Fsp3) is 0.0833. The van der Waals surface area contributed by atoms with Gasteiger partial charge in [-0.25, -0.2) is 13.8 Å². The highest BCUT2D eigenvalue weighted by molar-refractivity contribution is 5.59. The molecule has 0 saturated carbocycles. The van der Waals surface area contributed by atoms with Gasteiger partial charge in [-0.2, -0.15) is 0 Å². The summed E-state index contributed by atoms with van der Waals surface area (Å²) in [5, 5.41) is 5.46. The normalized spacial score (nSPS) is 10.1. The second-order valence-electron chi connectivity index (χ2n) is 3.38. The molecule has 0 fully saturated rings. The minimum absolute atomic E-state index is 0.201. The number of hydrogen-bond acceptors (Lipinski definition) is 3. The molecule has 2 aromatic rings. The first kappa shape index (κ1) is 11.3. The van der Waals surface area contributed by atoms with E-state index in [4.69, 9.17) is 0 Å². The number of anilines is 3. The van der Waals surface area contributed by atoms with Gasteiger partial charge >= 0.3 is 0 Å². The fourth-order valence-corrected chi connectivity index (χ4v) is 1.39. The van der Waals surface area contributed by atoms with Gasteiger partial charge in [0.15, 0.2) is 0 Å². The molecule has 3 nitrogen and oxygen atoms in total. The van der Waals surface area contributed by atoms with Crippen LogP contribution in [0.4, 0.5) is 26.1 Å². The van der Waals surface area contributed by atoms with Crippen LogP contribution in [-0.2, 0) is 0 Å². The van der Waals surface area contributed by atoms with Gasteiger partial charge in [0.2, 0.25) is 0 Å². The second-order valence-corrected chi connectivity index (χ2v) is 3.38. The van der Waals surface area contributed by atoms with E-state index in [2.05, 4.69) is 15.6 Å². The summed E-state index contributed by atoms with van der Waals surface area (Å²) in [6.07, 6.45) is 0. The molecule has 5 heteroatoms. The minimum atomic E-state index is -0.651. The molecule has 0 atom stereocenters. The zero-order valence-electron chi connectivity index (χ0n) is 9.17. The van der Waals surface area contributed by atoms with Crippen molar-refractivity contribution in [1.29, 1.82) is 0 Å². The summed E-state index contributed by atoms with van der Waals surface area (Å²) in [7, 11) is 1.72. The van der Waals surface area contributed by atoms with Crippen molar-refractivity contribution < 1.29 is 8.78 Å². The van der Waals surface area contributed by atoms with E-state index < -0.39 is 11.6 Å². The molecular weight excluding hydrogens is 224 g/mol. The Bertz CT molecular complexity index is 509. The van der Waals surface area contributed by atoms with Crippen molar-refractivity contribution in [3.05, 3.63) is 48.0 Å². The van der Waals surface area contributed by atoms with Crippen molar-refractivity contribution in [1.82, 2.24) is 4.98 Å². The number of rotatable bonds is 3. The largest absolute Gasteiger partial charge is 0.373 e. The van der Waals surface area contributed by atoms with Crippen LogP contribution < -0.4 is 10.6 Å². The summed E-state index contributed by atoms with van der Waals surface area (Å²) in [6, 6.07) is 8.81. The van der Waals surface area contributed by atoms with E-state index in [0.717, 1.165) is 0 Å². The first-order valence-corrected chi connectivity index (χ1v) is 5.06. The van der Waals surface area contributed by atoms with Crippen molar-refractivity contribution in [2.45, 2.75) is 0 Å². The third kappa shape index (κ3) is 2.50. The Morgan fingerprint density at radius 3 is 2.18 bits per heavy atom. The number of pyridine rings is 1. The Kier molecular flexibility index (Phi) is 3.18. The van der Waals surface area contributed by atoms with Crippen LogP contribution in [0.15, 0.2) is 36.4 Å². The van der Waals surface area contributed by atoms with E-state index in [1.54, 1.807) is 25.2 Å². The molecule has 0 aliphatic heterocycles. The van der Waals surface area contributed by atoms with Crippen LogP contribution >= 0.6 is 0 Å². The van der Waals surface area contributed by atoms with E-state index in [-0.39, 0.29) is 5.69 Å². The summed E-state index contributed by atoms with van der Waals surface area (Å²) >= 11 is 0. The molecule has 0 bridgehead atoms. The van der Waals surface area contributed by atoms with E-state index in [1.165, 1.54) is 18.2 Å². The maximum Gasteiger partial charge on any atom is 0.149 e. The number of nitrogens with one attached hydrogen (secondary N) is 2. The Morgan fingerprint density at radius 1 is 0.941 bits per heavy atom. The van der Waals surface area contributed by atoms with Gasteiger partial charge in [0.25, 0.3) is 0 Å². The lowest BCUT2D eigenvalue weighted by Gasteiger charge is -2.08. The Balaban J connectivity index is 2.31. The molecule has 0 amide bonds. The van der Waals surface area contributed by atoms with E-state index in [0.29, 0.717) is 11.6 Å². The van der Waals surface area contributed by atoms with Crippen molar-refractivity contribution in [3.8, 4) is 0 Å². The van der Waals surface area contributed by atoms with Gasteiger partial charge in [-0.15, -0.1) is 0 Å². The highest BCUT2D eigenvalue weighted by atomic mass is 19.1. The van der Waals surface area contributed by atoms with Crippen molar-refractivity contribution in [3.63, 3.8) is 0 Å². The average Bonchev–Trinajstić information content (AvgIpc) is 2.34. The predicted octanol–water partition coefficient (Wildman–Crippen LogP) is 3.15. The SMILES string of the molecule is CNc1cccc(Nc2c(F)cccc2F)n1. The molecule has 0 spiro atoms. The first-order chi connectivity index (χ1) is 8.20. The molecule has 0 aliphatic rings. The highest BCUT2D eigenvalue weighted by Gasteiger charge is 2.08. The van der Waals surface area contributed by atoms with E-state index in [9.17, 15) is 8.78 Å². The van der Waals surface area contributed by atoms with Crippen LogP contribution in [0.5, 0.6) is 0 Å². The maximum absolute atomic E-state index is 13.4. The third-order valence-electron chi connectivity index (χ3n) is 2.22. The lowest BCUT2D eigenvalue weighted by molar-refractivity contribution is 0.590. The average molecular weight is 235 g/mol. The Morgan fingerprint density at radius 2 is 1.53 bits per heavy atom. The zero-order valence-corrected chi connectivity index (χ0v) is 9.17. The van der Waals surface area contributed by atoms with Gasteiger partial charge in [0, 0.05) is 7.05 Å². The van der Waals surface area contributed by atoms with Crippen LogP contribution in [0.1, 0.15) is 0 Å². The molecule has 0 unspecified atom stereocenters. The van der Waals surface area contributed by atoms with Gasteiger partial charge in [-0.05, 0) is 24.3 Å². The van der Waals surface area contributed by atoms with Crippen molar-refractivity contribution in [2.24, 2.45) is 0 Å². The molecule has 0 saturated heterocycles. The Hall–Kier alpha value is -2.17. The molecule has 0 radical (unpaired) electrons. The monoisotopic (exact) mass is 235 g/mol. The zero-order chi connectivity index (χ0) is 12.3. The van der Waals surface area contributed by atoms with Gasteiger partial charge in [-0.3, -0.25) is 0 Å². The predicted molar refractivity (Wildman–Crippen MR) is 63.4 cm³/mol. The number of halogens is 2. The quantitative estimate of drug-likeness (QED) is 0.858. The topological polar surface area (TPSA) is 37.0 Å². The van der Waals surface area contributed by atoms with Gasteiger partial charge in [0.05, 0.1) is 0 Å². The van der Waals surface area contributed by atoms with Crippen LogP contribution in [0, 0.1) is 11.6 Å². The number of para-hydroxylation sites is 1. The molecule has 1 aromatic heterocycles. The molecule has 0 aliphatic carbocycles. The molecule has 1 heterocycles. The molecule has 88 valence electrons. The third-order valence-corrected chi connectivity index (χ3v) is 2.22. The number of hydrogen-bond donors (Lipinski definition) is 2. The Labute approximate surface area is 97.5 Å². The molecule has 17 heavy (non-hydrogen) atoms. The molecule has 2 rings (SSSR count). The van der Waals surface area contributed by atoms with E-state index >= 15 is 0 Å². The van der Waals surface area contributed by atoms with Crippen LogP contribution in [0.2, 0.25) is 0 Å². The lowest BCUT2D eigenvalue weighted by atomic mass is 10.3. The highest BCUT2D eigenvalue weighted by Crippen LogP contribution is 2.22. The molecule has 2 N–H and O–H groups in total. The van der Waals surface area contributed by atoms with Crippen molar-refractivity contribution >= 4 is 17.3 Å². The van der Waals surface area contributed by atoms with Gasteiger partial charge < -0.3 is 10.6 Å². The van der Waals surface area contributed by atoms with Gasteiger partial charge in [0.1, 0.15) is 29.0 Å². The fourth-order valence-electron chi connectivity index (χ4n) is 1.39. The minimum Gasteiger partial charge on any atom is -0.373 e. The molecule has 1 aromatic carbocycles. The molecular formula is C12H11F2N3. The summed E-state index contributed by atoms with van der Waals surface area (Å²) < 4.78 is 26.7.